The van der Waals surface area contributed by atoms with E-state index in [0.717, 1.165) is 22.4 Å². The Morgan fingerprint density at radius 2 is 2.05 bits per heavy atom. The van der Waals surface area contributed by atoms with Gasteiger partial charge < -0.3 is 11.1 Å². The fraction of sp³-hybridized carbons (Fsp3) is 0.167. The summed E-state index contributed by atoms with van der Waals surface area (Å²) in [6.07, 6.45) is 0.952. The van der Waals surface area contributed by atoms with Crippen molar-refractivity contribution in [2.45, 2.75) is 6.42 Å². The van der Waals surface area contributed by atoms with E-state index in [4.69, 9.17) is 10.4 Å². The summed E-state index contributed by atoms with van der Waals surface area (Å²) in [5.41, 5.74) is 8.54. The third-order valence-electron chi connectivity index (χ3n) is 2.76. The summed E-state index contributed by atoms with van der Waals surface area (Å²) in [7, 11) is 0. The molecule has 2 aromatic heterocycles. The van der Waals surface area contributed by atoms with Gasteiger partial charge in [-0.15, -0.1) is 11.3 Å². The van der Waals surface area contributed by atoms with Crippen LogP contribution in [-0.2, 0) is 6.42 Å². The number of aromatic nitrogens is 2. The molecular formula is C12H11BrN4OS. The molecule has 0 atom stereocenters. The second-order valence-corrected chi connectivity index (χ2v) is 6.59. The number of hydrogen-bond donors (Lipinski definition) is 2. The van der Waals surface area contributed by atoms with Crippen LogP contribution in [0.2, 0.25) is 0 Å². The molecule has 0 fully saturated rings. The van der Waals surface area contributed by atoms with Gasteiger partial charge in [-0.25, -0.2) is 4.63 Å². The second kappa shape index (κ2) is 5.18. The highest BCUT2D eigenvalue weighted by molar-refractivity contribution is 9.11. The van der Waals surface area contributed by atoms with E-state index < -0.39 is 0 Å². The molecule has 0 radical (unpaired) electrons. The first-order valence-corrected chi connectivity index (χ1v) is 7.34. The number of nitrogens with two attached hydrogens (primary N) is 1. The molecule has 1 aromatic carbocycles. The molecule has 0 aliphatic heterocycles. The number of hydrogen-bond acceptors (Lipinski definition) is 6. The zero-order valence-electron chi connectivity index (χ0n) is 9.89. The van der Waals surface area contributed by atoms with E-state index in [9.17, 15) is 0 Å². The number of anilines is 2. The first-order chi connectivity index (χ1) is 9.24. The van der Waals surface area contributed by atoms with Crippen LogP contribution in [0.25, 0.3) is 11.0 Å². The first kappa shape index (κ1) is 12.4. The third-order valence-corrected chi connectivity index (χ3v) is 4.45. The lowest BCUT2D eigenvalue weighted by Gasteiger charge is -2.05. The molecule has 7 heteroatoms. The van der Waals surface area contributed by atoms with Gasteiger partial charge in [0, 0.05) is 11.4 Å². The number of benzene rings is 1. The molecule has 98 valence electrons. The van der Waals surface area contributed by atoms with Gasteiger partial charge in [-0.05, 0) is 56.9 Å². The molecule has 0 aliphatic rings. The van der Waals surface area contributed by atoms with Crippen LogP contribution in [0.15, 0.2) is 32.7 Å². The third kappa shape index (κ3) is 2.57. The Hall–Kier alpha value is -1.60. The van der Waals surface area contributed by atoms with Gasteiger partial charge in [-0.2, -0.15) is 0 Å². The summed E-state index contributed by atoms with van der Waals surface area (Å²) in [4.78, 5) is 1.32. The Bertz CT molecular complexity index is 709. The van der Waals surface area contributed by atoms with Crippen LogP contribution in [0.1, 0.15) is 4.88 Å². The molecular weight excluding hydrogens is 328 g/mol. The van der Waals surface area contributed by atoms with Crippen LogP contribution in [-0.4, -0.2) is 16.9 Å². The summed E-state index contributed by atoms with van der Waals surface area (Å²) < 4.78 is 5.88. The van der Waals surface area contributed by atoms with Crippen LogP contribution in [0, 0.1) is 0 Å². The number of thiophene rings is 1. The molecule has 19 heavy (non-hydrogen) atoms. The standard InChI is InChI=1S/C12H11BrN4OS/c13-10-4-1-7(19-10)5-6-15-9-3-2-8(14)11-12(9)17-18-16-11/h1-4,15H,5-6,14H2. The molecule has 3 aromatic rings. The molecule has 0 saturated carbocycles. The Labute approximate surface area is 121 Å². The quantitative estimate of drug-likeness (QED) is 0.714. The molecule has 0 amide bonds. The lowest BCUT2D eigenvalue weighted by Crippen LogP contribution is -2.04. The van der Waals surface area contributed by atoms with Gasteiger partial charge in [0.1, 0.15) is 0 Å². The van der Waals surface area contributed by atoms with Gasteiger partial charge in [0.05, 0.1) is 15.2 Å². The first-order valence-electron chi connectivity index (χ1n) is 5.73. The van der Waals surface area contributed by atoms with Crippen molar-refractivity contribution in [2.24, 2.45) is 0 Å². The molecule has 0 unspecified atom stereocenters. The zero-order chi connectivity index (χ0) is 13.2. The maximum absolute atomic E-state index is 5.80. The van der Waals surface area contributed by atoms with Gasteiger partial charge >= 0.3 is 0 Å². The number of rotatable bonds is 4. The number of halogens is 1. The second-order valence-electron chi connectivity index (χ2n) is 4.05. The molecule has 2 heterocycles. The van der Waals surface area contributed by atoms with Crippen molar-refractivity contribution in [1.29, 1.82) is 0 Å². The normalized spacial score (nSPS) is 11.0. The summed E-state index contributed by atoms with van der Waals surface area (Å²) >= 11 is 5.20. The van der Waals surface area contributed by atoms with Crippen molar-refractivity contribution in [3.63, 3.8) is 0 Å². The zero-order valence-corrected chi connectivity index (χ0v) is 12.3. The predicted octanol–water partition coefficient (Wildman–Crippen LogP) is 3.28. The average molecular weight is 339 g/mol. The van der Waals surface area contributed by atoms with E-state index in [1.165, 1.54) is 4.88 Å². The van der Waals surface area contributed by atoms with Gasteiger partial charge in [0.2, 0.25) is 0 Å². The van der Waals surface area contributed by atoms with E-state index in [1.807, 2.05) is 6.07 Å². The van der Waals surface area contributed by atoms with Crippen molar-refractivity contribution < 1.29 is 4.63 Å². The van der Waals surface area contributed by atoms with E-state index in [1.54, 1.807) is 17.4 Å². The van der Waals surface area contributed by atoms with Gasteiger partial charge in [0.25, 0.3) is 0 Å². The Morgan fingerprint density at radius 3 is 2.84 bits per heavy atom. The van der Waals surface area contributed by atoms with E-state index in [-0.39, 0.29) is 0 Å². The maximum atomic E-state index is 5.80. The van der Waals surface area contributed by atoms with Crippen molar-refractivity contribution in [2.75, 3.05) is 17.6 Å². The Kier molecular flexibility index (Phi) is 3.39. The van der Waals surface area contributed by atoms with Crippen molar-refractivity contribution in [3.8, 4) is 0 Å². The lowest BCUT2D eigenvalue weighted by molar-refractivity contribution is 0.316. The fourth-order valence-corrected chi connectivity index (χ4v) is 3.32. The topological polar surface area (TPSA) is 77.0 Å². The summed E-state index contributed by atoms with van der Waals surface area (Å²) in [5.74, 6) is 0. The predicted molar refractivity (Wildman–Crippen MR) is 80.4 cm³/mol. The van der Waals surface area contributed by atoms with Gasteiger partial charge in [0.15, 0.2) is 11.0 Å². The van der Waals surface area contributed by atoms with Crippen molar-refractivity contribution in [3.05, 3.63) is 32.9 Å². The monoisotopic (exact) mass is 338 g/mol. The Morgan fingerprint density at radius 1 is 1.21 bits per heavy atom. The maximum Gasteiger partial charge on any atom is 0.160 e. The van der Waals surface area contributed by atoms with Crippen molar-refractivity contribution in [1.82, 2.24) is 10.3 Å². The Balaban J connectivity index is 1.72. The van der Waals surface area contributed by atoms with Gasteiger partial charge in [-0.3, -0.25) is 0 Å². The molecule has 0 bridgehead atoms. The smallest absolute Gasteiger partial charge is 0.160 e. The number of nitrogens with one attached hydrogen (secondary N) is 1. The van der Waals surface area contributed by atoms with E-state index >= 15 is 0 Å². The molecule has 0 spiro atoms. The van der Waals surface area contributed by atoms with Crippen molar-refractivity contribution >= 4 is 49.7 Å². The number of fused-ring (bicyclic) bond motifs is 1. The highest BCUT2D eigenvalue weighted by Gasteiger charge is 2.09. The number of nitrogen functional groups attached to an aromatic ring is 1. The van der Waals surface area contributed by atoms with Crippen LogP contribution < -0.4 is 11.1 Å². The minimum absolute atomic E-state index is 0.573. The van der Waals surface area contributed by atoms with Crippen LogP contribution in [0.5, 0.6) is 0 Å². The summed E-state index contributed by atoms with van der Waals surface area (Å²) in [6.45, 7) is 0.818. The van der Waals surface area contributed by atoms with Gasteiger partial charge in [-0.1, -0.05) is 0 Å². The molecule has 0 aliphatic carbocycles. The lowest BCUT2D eigenvalue weighted by atomic mass is 10.2. The molecule has 5 nitrogen and oxygen atoms in total. The highest BCUT2D eigenvalue weighted by atomic mass is 79.9. The summed E-state index contributed by atoms with van der Waals surface area (Å²) in [6, 6.07) is 7.87. The number of nitrogens with zero attached hydrogens (tertiary/aromatic N) is 2. The molecule has 3 N–H and O–H groups in total. The SMILES string of the molecule is Nc1ccc(NCCc2ccc(Br)s2)c2nonc12. The van der Waals surface area contributed by atoms with Crippen LogP contribution in [0.4, 0.5) is 11.4 Å². The minimum Gasteiger partial charge on any atom is -0.397 e. The minimum atomic E-state index is 0.573. The fourth-order valence-electron chi connectivity index (χ4n) is 1.83. The molecule has 3 rings (SSSR count). The molecule has 0 saturated heterocycles. The largest absolute Gasteiger partial charge is 0.397 e. The van der Waals surface area contributed by atoms with E-state index in [2.05, 4.69) is 43.7 Å². The van der Waals surface area contributed by atoms with Crippen LogP contribution in [0.3, 0.4) is 0 Å². The van der Waals surface area contributed by atoms with Crippen LogP contribution >= 0.6 is 27.3 Å². The average Bonchev–Trinajstić information content (AvgIpc) is 3.02. The highest BCUT2D eigenvalue weighted by Crippen LogP contribution is 2.26. The summed E-state index contributed by atoms with van der Waals surface area (Å²) in [5, 5.41) is 11.0. The van der Waals surface area contributed by atoms with E-state index in [0.29, 0.717) is 16.7 Å².